The lowest BCUT2D eigenvalue weighted by Crippen LogP contribution is -2.09. The van der Waals surface area contributed by atoms with Crippen LogP contribution in [0.1, 0.15) is 12.5 Å². The molecule has 1 rings (SSSR count). The van der Waals surface area contributed by atoms with Crippen molar-refractivity contribution >= 4 is 6.47 Å². The van der Waals surface area contributed by atoms with Crippen molar-refractivity contribution in [3.63, 3.8) is 0 Å². The van der Waals surface area contributed by atoms with Crippen LogP contribution in [0, 0.1) is 0 Å². The van der Waals surface area contributed by atoms with Crippen LogP contribution in [-0.4, -0.2) is 12.6 Å². The number of carbonyl (C=O) groups is 1. The monoisotopic (exact) mass is 164 g/mol. The summed E-state index contributed by atoms with van der Waals surface area (Å²) in [6.07, 6.45) is 0.740. The first-order chi connectivity index (χ1) is 5.83. The number of ether oxygens (including phenoxy) is 1. The predicted molar refractivity (Wildman–Crippen MR) is 46.8 cm³/mol. The van der Waals surface area contributed by atoms with E-state index in [-0.39, 0.29) is 6.10 Å². The zero-order valence-electron chi connectivity index (χ0n) is 7.07. The summed E-state index contributed by atoms with van der Waals surface area (Å²) in [6.45, 7) is 2.37. The highest BCUT2D eigenvalue weighted by Crippen LogP contribution is 2.04. The van der Waals surface area contributed by atoms with Crippen molar-refractivity contribution < 1.29 is 9.53 Å². The van der Waals surface area contributed by atoms with Crippen LogP contribution in [0.3, 0.4) is 0 Å². The maximum absolute atomic E-state index is 9.98. The van der Waals surface area contributed by atoms with Crippen molar-refractivity contribution in [3.05, 3.63) is 35.9 Å². The number of hydrogen-bond donors (Lipinski definition) is 0. The molecule has 0 aromatic heterocycles. The van der Waals surface area contributed by atoms with Gasteiger partial charge in [0.05, 0.1) is 0 Å². The molecule has 0 unspecified atom stereocenters. The fourth-order valence-corrected chi connectivity index (χ4v) is 1.09. The molecule has 2 heteroatoms. The molecule has 0 fully saturated rings. The first kappa shape index (κ1) is 8.78. The second-order valence-corrected chi connectivity index (χ2v) is 2.73. The third-order valence-electron chi connectivity index (χ3n) is 1.65. The lowest BCUT2D eigenvalue weighted by Gasteiger charge is -2.08. The first-order valence-corrected chi connectivity index (χ1v) is 3.96. The topological polar surface area (TPSA) is 26.3 Å². The van der Waals surface area contributed by atoms with Crippen LogP contribution in [0.4, 0.5) is 0 Å². The third-order valence-corrected chi connectivity index (χ3v) is 1.65. The van der Waals surface area contributed by atoms with Gasteiger partial charge in [-0.15, -0.1) is 0 Å². The highest BCUT2D eigenvalue weighted by atomic mass is 16.5. The molecule has 2 nitrogen and oxygen atoms in total. The van der Waals surface area contributed by atoms with Gasteiger partial charge < -0.3 is 4.74 Å². The second kappa shape index (κ2) is 4.54. The minimum atomic E-state index is -0.0371. The number of rotatable bonds is 4. The maximum atomic E-state index is 9.98. The van der Waals surface area contributed by atoms with Gasteiger partial charge in [-0.05, 0) is 12.5 Å². The fraction of sp³-hybridized carbons (Fsp3) is 0.300. The van der Waals surface area contributed by atoms with Gasteiger partial charge in [0.1, 0.15) is 6.10 Å². The summed E-state index contributed by atoms with van der Waals surface area (Å²) in [7, 11) is 0. The van der Waals surface area contributed by atoms with E-state index in [4.69, 9.17) is 4.74 Å². The summed E-state index contributed by atoms with van der Waals surface area (Å²) in [5.74, 6) is 0. The predicted octanol–water partition coefficient (Wildman–Crippen LogP) is 1.79. The van der Waals surface area contributed by atoms with Gasteiger partial charge in [0, 0.05) is 6.42 Å². The highest BCUT2D eigenvalue weighted by molar-refractivity contribution is 5.37. The summed E-state index contributed by atoms with van der Waals surface area (Å²) >= 11 is 0. The van der Waals surface area contributed by atoms with Crippen LogP contribution in [0.25, 0.3) is 0 Å². The number of hydrogen-bond acceptors (Lipinski definition) is 2. The summed E-state index contributed by atoms with van der Waals surface area (Å²) in [6, 6.07) is 9.95. The Morgan fingerprint density at radius 3 is 2.67 bits per heavy atom. The Morgan fingerprint density at radius 1 is 1.42 bits per heavy atom. The molecule has 0 aliphatic rings. The van der Waals surface area contributed by atoms with Gasteiger partial charge in [0.25, 0.3) is 6.47 Å². The molecule has 1 aromatic rings. The van der Waals surface area contributed by atoms with E-state index in [1.165, 1.54) is 5.56 Å². The summed E-state index contributed by atoms with van der Waals surface area (Å²) in [5.41, 5.74) is 1.19. The molecule has 0 saturated carbocycles. The van der Waals surface area contributed by atoms with Gasteiger partial charge >= 0.3 is 0 Å². The van der Waals surface area contributed by atoms with Crippen LogP contribution in [0.2, 0.25) is 0 Å². The molecule has 0 aliphatic carbocycles. The molecule has 12 heavy (non-hydrogen) atoms. The van der Waals surface area contributed by atoms with Crippen LogP contribution < -0.4 is 0 Å². The van der Waals surface area contributed by atoms with Crippen molar-refractivity contribution in [1.29, 1.82) is 0 Å². The van der Waals surface area contributed by atoms with Crippen LogP contribution in [-0.2, 0) is 16.0 Å². The Morgan fingerprint density at radius 2 is 2.08 bits per heavy atom. The van der Waals surface area contributed by atoms with Crippen LogP contribution in [0.5, 0.6) is 0 Å². The average molecular weight is 164 g/mol. The average Bonchev–Trinajstić information content (AvgIpc) is 2.06. The van der Waals surface area contributed by atoms with E-state index in [1.54, 1.807) is 0 Å². The van der Waals surface area contributed by atoms with E-state index in [1.807, 2.05) is 37.3 Å². The molecule has 0 amide bonds. The Kier molecular flexibility index (Phi) is 3.33. The van der Waals surface area contributed by atoms with Gasteiger partial charge in [-0.2, -0.15) is 0 Å². The fourth-order valence-electron chi connectivity index (χ4n) is 1.09. The zero-order chi connectivity index (χ0) is 8.81. The zero-order valence-corrected chi connectivity index (χ0v) is 7.07. The van der Waals surface area contributed by atoms with E-state index in [2.05, 4.69) is 0 Å². The molecular weight excluding hydrogens is 152 g/mol. The molecule has 1 atom stereocenters. The van der Waals surface area contributed by atoms with Crippen molar-refractivity contribution in [2.75, 3.05) is 0 Å². The minimum Gasteiger partial charge on any atom is -0.465 e. The molecule has 0 radical (unpaired) electrons. The molecule has 0 N–H and O–H groups in total. The smallest absolute Gasteiger partial charge is 0.293 e. The highest BCUT2D eigenvalue weighted by Gasteiger charge is 2.01. The Balaban J connectivity index is 2.46. The molecule has 0 spiro atoms. The van der Waals surface area contributed by atoms with Crippen molar-refractivity contribution in [2.45, 2.75) is 19.4 Å². The van der Waals surface area contributed by atoms with Gasteiger partial charge in [-0.1, -0.05) is 30.3 Å². The second-order valence-electron chi connectivity index (χ2n) is 2.73. The minimum absolute atomic E-state index is 0.0371. The molecule has 0 heterocycles. The van der Waals surface area contributed by atoms with Gasteiger partial charge in [0.2, 0.25) is 0 Å². The number of benzene rings is 1. The molecular formula is C10H12O2. The van der Waals surface area contributed by atoms with E-state index in [0.717, 1.165) is 6.42 Å². The van der Waals surface area contributed by atoms with Gasteiger partial charge in [-0.25, -0.2) is 0 Å². The first-order valence-electron chi connectivity index (χ1n) is 3.96. The molecule has 0 saturated heterocycles. The summed E-state index contributed by atoms with van der Waals surface area (Å²) < 4.78 is 4.77. The largest absolute Gasteiger partial charge is 0.465 e. The van der Waals surface area contributed by atoms with E-state index in [9.17, 15) is 4.79 Å². The lowest BCUT2D eigenvalue weighted by atomic mass is 10.1. The lowest BCUT2D eigenvalue weighted by molar-refractivity contribution is -0.132. The Labute approximate surface area is 72.2 Å². The van der Waals surface area contributed by atoms with Crippen molar-refractivity contribution in [3.8, 4) is 0 Å². The Hall–Kier alpha value is -1.31. The normalized spacial score (nSPS) is 12.1. The van der Waals surface area contributed by atoms with Crippen LogP contribution in [0.15, 0.2) is 30.3 Å². The SMILES string of the molecule is C[C@@H](Cc1ccccc1)OC=O. The standard InChI is InChI=1S/C10H12O2/c1-9(12-8-11)7-10-5-3-2-4-6-10/h2-6,8-9H,7H2,1H3/t9-/m0/s1. The number of carbonyl (C=O) groups excluding carboxylic acids is 1. The summed E-state index contributed by atoms with van der Waals surface area (Å²) in [5, 5.41) is 0. The maximum Gasteiger partial charge on any atom is 0.293 e. The molecule has 1 aromatic carbocycles. The molecule has 0 bridgehead atoms. The molecule has 0 aliphatic heterocycles. The van der Waals surface area contributed by atoms with E-state index >= 15 is 0 Å². The Bertz CT molecular complexity index is 231. The van der Waals surface area contributed by atoms with Crippen LogP contribution >= 0.6 is 0 Å². The molecule has 64 valence electrons. The third kappa shape index (κ3) is 2.74. The summed E-state index contributed by atoms with van der Waals surface area (Å²) in [4.78, 5) is 9.98. The van der Waals surface area contributed by atoms with Crippen molar-refractivity contribution in [1.82, 2.24) is 0 Å². The van der Waals surface area contributed by atoms with Gasteiger partial charge in [-0.3, -0.25) is 4.79 Å². The van der Waals surface area contributed by atoms with E-state index in [0.29, 0.717) is 6.47 Å². The van der Waals surface area contributed by atoms with Crippen molar-refractivity contribution in [2.24, 2.45) is 0 Å². The quantitative estimate of drug-likeness (QED) is 0.634. The van der Waals surface area contributed by atoms with E-state index < -0.39 is 0 Å². The van der Waals surface area contributed by atoms with Gasteiger partial charge in [0.15, 0.2) is 0 Å².